The van der Waals surface area contributed by atoms with Crippen LogP contribution in [-0.4, -0.2) is 23.1 Å². The van der Waals surface area contributed by atoms with Gasteiger partial charge in [-0.05, 0) is 29.6 Å². The van der Waals surface area contributed by atoms with Crippen molar-refractivity contribution >= 4 is 22.7 Å². The summed E-state index contributed by atoms with van der Waals surface area (Å²) < 4.78 is 1.95. The molecule has 1 aliphatic rings. The van der Waals surface area contributed by atoms with E-state index in [4.69, 9.17) is 5.73 Å². The van der Waals surface area contributed by atoms with Gasteiger partial charge in [-0.1, -0.05) is 12.1 Å². The van der Waals surface area contributed by atoms with Gasteiger partial charge in [-0.25, -0.2) is 10.4 Å². The second-order valence-electron chi connectivity index (χ2n) is 3.30. The Kier molecular flexibility index (Phi) is 3.37. The summed E-state index contributed by atoms with van der Waals surface area (Å²) in [6.45, 7) is 1.38. The van der Waals surface area contributed by atoms with Crippen LogP contribution in [-0.2, 0) is 6.54 Å². The average Bonchev–Trinajstić information content (AvgIpc) is 2.65. The van der Waals surface area contributed by atoms with Crippen LogP contribution < -0.4 is 11.2 Å². The molecule has 15 heavy (non-hydrogen) atoms. The Balaban J connectivity index is 2.10. The van der Waals surface area contributed by atoms with Gasteiger partial charge in [0, 0.05) is 13.6 Å². The van der Waals surface area contributed by atoms with E-state index in [9.17, 15) is 0 Å². The molecule has 1 aliphatic heterocycles. The van der Waals surface area contributed by atoms with E-state index in [0.29, 0.717) is 6.54 Å². The molecule has 1 heterocycles. The summed E-state index contributed by atoms with van der Waals surface area (Å²) in [6, 6.07) is 8.01. The van der Waals surface area contributed by atoms with Crippen LogP contribution in [0.3, 0.4) is 0 Å². The van der Waals surface area contributed by atoms with Crippen molar-refractivity contribution in [3.63, 3.8) is 0 Å². The van der Waals surface area contributed by atoms with Crippen molar-refractivity contribution in [1.29, 1.82) is 0 Å². The number of hydrogen-bond acceptors (Lipinski definition) is 5. The molecule has 0 unspecified atom stereocenters. The number of nitrogens with one attached hydrogen (secondary N) is 1. The first-order valence-corrected chi connectivity index (χ1v) is 5.57. The van der Waals surface area contributed by atoms with Crippen LogP contribution in [0.1, 0.15) is 5.56 Å². The van der Waals surface area contributed by atoms with E-state index in [1.54, 1.807) is 11.9 Å². The van der Waals surface area contributed by atoms with Crippen molar-refractivity contribution in [2.45, 2.75) is 6.54 Å². The number of benzene rings is 1. The number of nitrogens with two attached hydrogens (primary N) is 1. The molecule has 0 atom stereocenters. The van der Waals surface area contributed by atoms with E-state index in [0.717, 1.165) is 22.8 Å². The summed E-state index contributed by atoms with van der Waals surface area (Å²) >= 11 is 1.62. The first-order valence-electron chi connectivity index (χ1n) is 4.80. The van der Waals surface area contributed by atoms with E-state index in [1.807, 2.05) is 35.7 Å². The van der Waals surface area contributed by atoms with Gasteiger partial charge in [0.25, 0.3) is 0 Å². The normalized spacial score (nSPS) is 20.0. The Labute approximate surface area is 93.7 Å². The largest absolute Gasteiger partial charge is 0.326 e. The fourth-order valence-electron chi connectivity index (χ4n) is 1.31. The number of hydrogen-bond donors (Lipinski definition) is 2. The van der Waals surface area contributed by atoms with E-state index < -0.39 is 0 Å². The topological polar surface area (TPSA) is 53.6 Å². The maximum Gasteiger partial charge on any atom is 0.106 e. The van der Waals surface area contributed by atoms with Gasteiger partial charge in [0.15, 0.2) is 0 Å². The average molecular weight is 222 g/mol. The van der Waals surface area contributed by atoms with Crippen LogP contribution in [0, 0.1) is 0 Å². The zero-order chi connectivity index (χ0) is 10.7. The Morgan fingerprint density at radius 1 is 1.47 bits per heavy atom. The molecule has 0 aromatic heterocycles. The third kappa shape index (κ3) is 2.79. The maximum atomic E-state index is 5.53. The highest BCUT2D eigenvalue weighted by atomic mass is 32.2. The lowest BCUT2D eigenvalue weighted by atomic mass is 10.2. The molecule has 2 rings (SSSR count). The molecule has 1 fully saturated rings. The predicted molar refractivity (Wildman–Crippen MR) is 64.8 cm³/mol. The first-order chi connectivity index (χ1) is 7.28. The molecule has 0 aliphatic carbocycles. The maximum absolute atomic E-state index is 5.53. The molecule has 80 valence electrons. The van der Waals surface area contributed by atoms with Crippen LogP contribution in [0.15, 0.2) is 29.3 Å². The van der Waals surface area contributed by atoms with Crippen molar-refractivity contribution < 1.29 is 0 Å². The summed E-state index contributed by atoms with van der Waals surface area (Å²) in [5, 5.41) is 1.08. The lowest BCUT2D eigenvalue weighted by molar-refractivity contribution is 0.465. The molecule has 5 heteroatoms. The highest BCUT2D eigenvalue weighted by molar-refractivity contribution is 8.12. The molecule has 0 radical (unpaired) electrons. The molecule has 1 aromatic rings. The van der Waals surface area contributed by atoms with Crippen LogP contribution in [0.2, 0.25) is 0 Å². The minimum atomic E-state index is 0.579. The first kappa shape index (κ1) is 10.6. The lowest BCUT2D eigenvalue weighted by Gasteiger charge is -2.01. The molecule has 0 saturated carbocycles. The molecular formula is C10H14N4S. The number of aliphatic imine (C=N–C) groups is 1. The molecule has 0 spiro atoms. The fourth-order valence-corrected chi connectivity index (χ4v) is 2.03. The van der Waals surface area contributed by atoms with E-state index in [1.165, 1.54) is 0 Å². The van der Waals surface area contributed by atoms with Crippen LogP contribution in [0.25, 0.3) is 0 Å². The van der Waals surface area contributed by atoms with Gasteiger partial charge < -0.3 is 5.73 Å². The van der Waals surface area contributed by atoms with Gasteiger partial charge in [0.2, 0.25) is 0 Å². The summed E-state index contributed by atoms with van der Waals surface area (Å²) in [5.74, 6) is 0. The van der Waals surface area contributed by atoms with E-state index in [2.05, 4.69) is 10.4 Å². The Morgan fingerprint density at radius 3 is 2.73 bits per heavy atom. The molecule has 0 bridgehead atoms. The SMILES string of the molecule is CN1NCC(=Nc2ccc(CN)cc2)S1. The number of rotatable bonds is 2. The molecule has 1 saturated heterocycles. The Morgan fingerprint density at radius 2 is 2.20 bits per heavy atom. The number of nitrogens with zero attached hydrogens (tertiary/aromatic N) is 2. The van der Waals surface area contributed by atoms with Crippen molar-refractivity contribution in [3.8, 4) is 0 Å². The smallest absolute Gasteiger partial charge is 0.106 e. The second-order valence-corrected chi connectivity index (χ2v) is 4.50. The van der Waals surface area contributed by atoms with Crippen LogP contribution >= 0.6 is 11.9 Å². The Bertz CT molecular complexity index is 360. The van der Waals surface area contributed by atoms with Crippen molar-refractivity contribution in [2.75, 3.05) is 13.6 Å². The highest BCUT2D eigenvalue weighted by Gasteiger charge is 2.13. The molecule has 0 amide bonds. The zero-order valence-corrected chi connectivity index (χ0v) is 9.42. The van der Waals surface area contributed by atoms with Gasteiger partial charge in [-0.2, -0.15) is 4.41 Å². The fraction of sp³-hybridized carbons (Fsp3) is 0.300. The highest BCUT2D eigenvalue weighted by Crippen LogP contribution is 2.19. The van der Waals surface area contributed by atoms with Gasteiger partial charge in [-0.3, -0.25) is 0 Å². The van der Waals surface area contributed by atoms with Crippen LogP contribution in [0.5, 0.6) is 0 Å². The molecular weight excluding hydrogens is 208 g/mol. The van der Waals surface area contributed by atoms with Gasteiger partial charge in [0.05, 0.1) is 12.2 Å². The van der Waals surface area contributed by atoms with E-state index in [-0.39, 0.29) is 0 Å². The van der Waals surface area contributed by atoms with Crippen LogP contribution in [0.4, 0.5) is 5.69 Å². The quantitative estimate of drug-likeness (QED) is 0.740. The Hall–Kier alpha value is -0.880. The second kappa shape index (κ2) is 4.76. The van der Waals surface area contributed by atoms with Crippen molar-refractivity contribution in [3.05, 3.63) is 29.8 Å². The third-order valence-electron chi connectivity index (χ3n) is 2.12. The minimum absolute atomic E-state index is 0.579. The lowest BCUT2D eigenvalue weighted by Crippen LogP contribution is -2.21. The molecule has 3 N–H and O–H groups in total. The predicted octanol–water partition coefficient (Wildman–Crippen LogP) is 1.27. The van der Waals surface area contributed by atoms with Gasteiger partial charge in [0.1, 0.15) is 5.04 Å². The monoisotopic (exact) mass is 222 g/mol. The summed E-state index contributed by atoms with van der Waals surface area (Å²) in [5.41, 5.74) is 10.8. The van der Waals surface area contributed by atoms with Crippen molar-refractivity contribution in [1.82, 2.24) is 9.84 Å². The standard InChI is InChI=1S/C10H14N4S/c1-14-12-7-10(15-14)13-9-4-2-8(6-11)3-5-9/h2-5,12H,6-7,11H2,1H3. The molecule has 1 aromatic carbocycles. The summed E-state index contributed by atoms with van der Waals surface area (Å²) in [4.78, 5) is 4.52. The summed E-state index contributed by atoms with van der Waals surface area (Å²) in [7, 11) is 1.98. The van der Waals surface area contributed by atoms with Gasteiger partial charge >= 0.3 is 0 Å². The van der Waals surface area contributed by atoms with Crippen molar-refractivity contribution in [2.24, 2.45) is 10.7 Å². The van der Waals surface area contributed by atoms with Gasteiger partial charge in [-0.15, -0.1) is 0 Å². The van der Waals surface area contributed by atoms with E-state index >= 15 is 0 Å². The number of hydrazine groups is 1. The zero-order valence-electron chi connectivity index (χ0n) is 8.60. The third-order valence-corrected chi connectivity index (χ3v) is 2.97. The summed E-state index contributed by atoms with van der Waals surface area (Å²) in [6.07, 6.45) is 0. The molecule has 4 nitrogen and oxygen atoms in total. The minimum Gasteiger partial charge on any atom is -0.326 e.